The van der Waals surface area contributed by atoms with Crippen LogP contribution in [0.25, 0.3) is 11.0 Å². The van der Waals surface area contributed by atoms with Crippen LogP contribution < -0.4 is 29.3 Å². The van der Waals surface area contributed by atoms with E-state index in [1.165, 1.54) is 11.1 Å². The monoisotopic (exact) mass is 1050 g/mol. The van der Waals surface area contributed by atoms with Gasteiger partial charge in [0, 0.05) is 49.6 Å². The zero-order valence-electron chi connectivity index (χ0n) is 42.4. The summed E-state index contributed by atoms with van der Waals surface area (Å²) in [6, 6.07) is 18.1. The Bertz CT molecular complexity index is 3150. The molecule has 4 atom stereocenters. The van der Waals surface area contributed by atoms with Crippen LogP contribution in [0.15, 0.2) is 71.9 Å². The number of carbonyl (C=O) groups is 1. The highest BCUT2D eigenvalue weighted by atomic mass is 32.2. The fraction of sp³-hybridized carbons (Fsp3) is 0.537. The highest BCUT2D eigenvalue weighted by molar-refractivity contribution is 7.90. The first kappa shape index (κ1) is 49.7. The number of alkyl halides is 1. The molecular weight excluding hydrogens is 986 g/mol. The number of anilines is 4. The molecule has 0 bridgehead atoms. The molecule has 8 heterocycles. The predicted molar refractivity (Wildman–Crippen MR) is 277 cm³/mol. The van der Waals surface area contributed by atoms with Crippen molar-refractivity contribution in [3.8, 4) is 11.8 Å². The number of nitrogens with one attached hydrogen (secondary N) is 3. The Morgan fingerprint density at radius 1 is 0.933 bits per heavy atom. The Morgan fingerprint density at radius 2 is 1.71 bits per heavy atom. The number of fused-ring (bicyclic) bond motifs is 4. The fourth-order valence-corrected chi connectivity index (χ4v) is 13.9. The first-order valence-electron chi connectivity index (χ1n) is 26.4. The molecule has 5 aliphatic heterocycles. The summed E-state index contributed by atoms with van der Waals surface area (Å²) in [6.45, 7) is 10.4. The van der Waals surface area contributed by atoms with Crippen molar-refractivity contribution in [3.63, 3.8) is 0 Å². The number of hydrogen-bond donors (Lipinski definition) is 4. The van der Waals surface area contributed by atoms with Gasteiger partial charge >= 0.3 is 5.69 Å². The van der Waals surface area contributed by atoms with E-state index in [9.17, 15) is 28.4 Å². The van der Waals surface area contributed by atoms with Crippen LogP contribution in [-0.2, 0) is 19.5 Å². The molecule has 19 nitrogen and oxygen atoms in total. The van der Waals surface area contributed by atoms with E-state index >= 15 is 4.39 Å². The number of aromatic nitrogens is 3. The zero-order chi connectivity index (χ0) is 52.0. The van der Waals surface area contributed by atoms with Crippen LogP contribution in [0.5, 0.6) is 11.8 Å². The number of piperidine rings is 1. The molecule has 12 rings (SSSR count). The van der Waals surface area contributed by atoms with E-state index < -0.39 is 60.9 Å². The molecule has 2 aliphatic carbocycles. The average molecular weight is 1050 g/mol. The molecule has 2 aromatic carbocycles. The van der Waals surface area contributed by atoms with Gasteiger partial charge in [0.2, 0.25) is 11.8 Å². The number of carbonyl (C=O) groups excluding carboxylic acids is 1. The van der Waals surface area contributed by atoms with E-state index in [0.29, 0.717) is 54.5 Å². The van der Waals surface area contributed by atoms with E-state index in [-0.39, 0.29) is 67.6 Å². The number of benzene rings is 2. The summed E-state index contributed by atoms with van der Waals surface area (Å²) in [5, 5.41) is 25.9. The minimum Gasteiger partial charge on any atom is -0.474 e. The van der Waals surface area contributed by atoms with Gasteiger partial charge in [0.25, 0.3) is 15.9 Å². The third-order valence-electron chi connectivity index (χ3n) is 17.4. The SMILES string of the molecule is CC(C)c1ccccc1[C@@H]1COCCN1C1CC2(CCN(c3ccc(C(=O)NS(=O)(=O)c4cc([N+](=O)[O-])c5c(n4)OC[C@H](C4(F)CCC(C)(O)CC4)N5)c(N4c5cc6cc[nH]c6nc5O[C@H]5COCC[C@@H]54)c3)CC2)C1. The summed E-state index contributed by atoms with van der Waals surface area (Å²) in [5.74, 6) is -0.669. The Kier molecular flexibility index (Phi) is 12.5. The second-order valence-corrected chi connectivity index (χ2v) is 24.1. The van der Waals surface area contributed by atoms with Crippen LogP contribution in [0, 0.1) is 15.5 Å². The maximum Gasteiger partial charge on any atom is 0.300 e. The molecule has 3 aromatic heterocycles. The summed E-state index contributed by atoms with van der Waals surface area (Å²) < 4.78 is 71.4. The van der Waals surface area contributed by atoms with Crippen LogP contribution in [0.1, 0.15) is 112 Å². The number of amides is 1. The molecule has 21 heteroatoms. The van der Waals surface area contributed by atoms with Gasteiger partial charge in [-0.1, -0.05) is 38.1 Å². The number of rotatable bonds is 10. The van der Waals surface area contributed by atoms with Gasteiger partial charge in [0.05, 0.1) is 65.8 Å². The van der Waals surface area contributed by atoms with Crippen LogP contribution in [0.4, 0.5) is 32.8 Å². The summed E-state index contributed by atoms with van der Waals surface area (Å²) in [4.78, 5) is 45.8. The number of nitrogens with zero attached hydrogens (tertiary/aromatic N) is 6. The third-order valence-corrected chi connectivity index (χ3v) is 18.6. The average Bonchev–Trinajstić information content (AvgIpc) is 3.86. The molecule has 5 fully saturated rings. The number of aliphatic hydroxyl groups is 1. The molecule has 0 unspecified atom stereocenters. The van der Waals surface area contributed by atoms with Crippen molar-refractivity contribution >= 4 is 55.4 Å². The minimum absolute atomic E-state index is 0.0122. The molecule has 4 N–H and O–H groups in total. The van der Waals surface area contributed by atoms with Crippen LogP contribution in [0.3, 0.4) is 0 Å². The Morgan fingerprint density at radius 3 is 2.48 bits per heavy atom. The molecule has 75 heavy (non-hydrogen) atoms. The number of pyridine rings is 2. The summed E-state index contributed by atoms with van der Waals surface area (Å²) >= 11 is 0. The molecule has 5 aromatic rings. The lowest BCUT2D eigenvalue weighted by atomic mass is 9.59. The maximum atomic E-state index is 16.3. The Balaban J connectivity index is 0.833. The lowest BCUT2D eigenvalue weighted by Crippen LogP contribution is -2.58. The zero-order valence-corrected chi connectivity index (χ0v) is 43.2. The highest BCUT2D eigenvalue weighted by Gasteiger charge is 2.51. The van der Waals surface area contributed by atoms with Gasteiger partial charge in [-0.05, 0) is 118 Å². The number of ether oxygens (including phenoxy) is 4. The van der Waals surface area contributed by atoms with E-state index in [2.05, 4.69) is 67.9 Å². The van der Waals surface area contributed by atoms with Crippen LogP contribution in [-0.4, -0.2) is 132 Å². The van der Waals surface area contributed by atoms with Gasteiger partial charge in [0.1, 0.15) is 29.7 Å². The van der Waals surface area contributed by atoms with Gasteiger partial charge in [-0.3, -0.25) is 19.8 Å². The lowest BCUT2D eigenvalue weighted by Gasteiger charge is -2.57. The standard InChI is InChI=1S/C54H64FN9O10S/c1-32(2)36-6-4-5-7-37(36)43-29-72-23-21-62(43)35-27-53(28-35)16-19-61(20-17-53)34-8-9-38(40(25-34)63-39-11-22-71-30-44(39)74-50-42(63)24-33-10-18-56-48(33)59-50)49(65)60-75(69,70)46-26-41(64(67)68)47-51(58-46)73-31-45(57-47)54(55)14-12-52(3,66)13-15-54/h4-10,18,24-26,32,35,39,43-45,57,66H,11-17,19-23,27-31H2,1-3H3,(H,56,59)(H,60,65)/t39-,43-,44-,45+,52?,54?/m0/s1. The van der Waals surface area contributed by atoms with Gasteiger partial charge in [-0.25, -0.2) is 9.11 Å². The molecule has 398 valence electrons. The molecular formula is C54H64FN9O10S. The number of H-pyrrole nitrogens is 1. The summed E-state index contributed by atoms with van der Waals surface area (Å²) in [6.07, 6.45) is 6.39. The van der Waals surface area contributed by atoms with Crippen molar-refractivity contribution in [2.24, 2.45) is 5.41 Å². The molecule has 0 radical (unpaired) electrons. The van der Waals surface area contributed by atoms with Gasteiger partial charge < -0.3 is 44.2 Å². The Hall–Kier alpha value is -6.13. The van der Waals surface area contributed by atoms with Gasteiger partial charge in [-0.2, -0.15) is 18.4 Å². The molecule has 1 amide bonds. The summed E-state index contributed by atoms with van der Waals surface area (Å²) in [7, 11) is -4.91. The Labute approximate surface area is 434 Å². The number of hydrogen-bond acceptors (Lipinski definition) is 16. The first-order chi connectivity index (χ1) is 36.0. The van der Waals surface area contributed by atoms with E-state index in [1.54, 1.807) is 19.2 Å². The number of halogens is 1. The quantitative estimate of drug-likeness (QED) is 0.0772. The highest BCUT2D eigenvalue weighted by Crippen LogP contribution is 2.54. The minimum atomic E-state index is -4.91. The second kappa shape index (κ2) is 18.9. The number of sulfonamides is 1. The largest absolute Gasteiger partial charge is 0.474 e. The van der Waals surface area contributed by atoms with Crippen molar-refractivity contribution in [3.05, 3.63) is 93.7 Å². The van der Waals surface area contributed by atoms with Crippen molar-refractivity contribution in [1.29, 1.82) is 0 Å². The molecule has 1 spiro atoms. The maximum absolute atomic E-state index is 16.3. The van der Waals surface area contributed by atoms with E-state index in [0.717, 1.165) is 69.1 Å². The third kappa shape index (κ3) is 9.10. The first-order valence-corrected chi connectivity index (χ1v) is 27.9. The lowest BCUT2D eigenvalue weighted by molar-refractivity contribution is -0.384. The van der Waals surface area contributed by atoms with Crippen molar-refractivity contribution in [1.82, 2.24) is 24.6 Å². The smallest absolute Gasteiger partial charge is 0.300 e. The second-order valence-electron chi connectivity index (χ2n) is 22.4. The summed E-state index contributed by atoms with van der Waals surface area (Å²) in [5.41, 5.74) is 1.59. The van der Waals surface area contributed by atoms with Crippen LogP contribution in [0.2, 0.25) is 0 Å². The number of morpholine rings is 1. The van der Waals surface area contributed by atoms with E-state index in [4.69, 9.17) is 23.9 Å². The van der Waals surface area contributed by atoms with Gasteiger partial charge in [0.15, 0.2) is 10.7 Å². The number of aromatic amines is 1. The number of nitro groups is 1. The topological polar surface area (TPSA) is 227 Å². The normalized spacial score (nSPS) is 27.8. The molecule has 2 saturated carbocycles. The predicted octanol–water partition coefficient (Wildman–Crippen LogP) is 7.82. The fourth-order valence-electron chi connectivity index (χ4n) is 13.0. The van der Waals surface area contributed by atoms with Gasteiger partial charge in [-0.15, -0.1) is 0 Å². The molecule has 3 saturated heterocycles. The van der Waals surface area contributed by atoms with Crippen molar-refractivity contribution in [2.75, 3.05) is 67.8 Å². The van der Waals surface area contributed by atoms with E-state index in [1.807, 2.05) is 29.2 Å². The van der Waals surface area contributed by atoms with Crippen molar-refractivity contribution in [2.45, 2.75) is 131 Å². The molecule has 7 aliphatic rings. The van der Waals surface area contributed by atoms with Crippen LogP contribution >= 0.6 is 0 Å². The van der Waals surface area contributed by atoms with Crippen molar-refractivity contribution < 1.29 is 46.6 Å².